The van der Waals surface area contributed by atoms with Crippen LogP contribution in [0.5, 0.6) is 0 Å². The zero-order valence-electron chi connectivity index (χ0n) is 17.2. The Morgan fingerprint density at radius 1 is 0.903 bits per heavy atom. The highest BCUT2D eigenvalue weighted by molar-refractivity contribution is 6.31. The summed E-state index contributed by atoms with van der Waals surface area (Å²) in [6.07, 6.45) is 1.96. The number of hydrogen-bond acceptors (Lipinski definition) is 2. The Morgan fingerprint density at radius 2 is 1.55 bits per heavy atom. The Morgan fingerprint density at radius 3 is 2.19 bits per heavy atom. The van der Waals surface area contributed by atoms with Crippen molar-refractivity contribution < 1.29 is 9.18 Å². The first kappa shape index (κ1) is 21.3. The van der Waals surface area contributed by atoms with Crippen molar-refractivity contribution in [3.63, 3.8) is 0 Å². The number of amides is 1. The Bertz CT molecular complexity index is 1060. The molecular weight excluding hydrogens is 411 g/mol. The van der Waals surface area contributed by atoms with Crippen molar-refractivity contribution in [3.05, 3.63) is 106 Å². The summed E-state index contributed by atoms with van der Waals surface area (Å²) in [6.45, 7) is 3.40. The standard InChI is InChI=1S/C26H24ClFN2O/c27-25-18-23(28)12-11-22(25)19-29-13-15-30(16-14-29)26(31)24(21-9-5-2-6-10-21)17-20-7-3-1-4-8-20/h1-12,17-18H,13-16,19H2/b24-17-. The summed E-state index contributed by atoms with van der Waals surface area (Å²) < 4.78 is 13.3. The van der Waals surface area contributed by atoms with Gasteiger partial charge in [0, 0.05) is 43.3 Å². The highest BCUT2D eigenvalue weighted by Crippen LogP contribution is 2.23. The summed E-state index contributed by atoms with van der Waals surface area (Å²) in [7, 11) is 0. The normalized spacial score (nSPS) is 15.2. The number of hydrogen-bond donors (Lipinski definition) is 0. The van der Waals surface area contributed by atoms with E-state index in [1.54, 1.807) is 6.07 Å². The Labute approximate surface area is 187 Å². The van der Waals surface area contributed by atoms with Crippen LogP contribution in [-0.4, -0.2) is 41.9 Å². The molecule has 1 fully saturated rings. The van der Waals surface area contributed by atoms with Crippen LogP contribution in [0.3, 0.4) is 0 Å². The summed E-state index contributed by atoms with van der Waals surface area (Å²) in [4.78, 5) is 17.6. The second kappa shape index (κ2) is 9.90. The van der Waals surface area contributed by atoms with Gasteiger partial charge in [-0.15, -0.1) is 0 Å². The molecule has 1 aliphatic heterocycles. The smallest absolute Gasteiger partial charge is 0.254 e. The van der Waals surface area contributed by atoms with Crippen LogP contribution in [0.25, 0.3) is 11.6 Å². The molecule has 4 rings (SSSR count). The molecule has 0 N–H and O–H groups in total. The lowest BCUT2D eigenvalue weighted by molar-refractivity contribution is -0.126. The van der Waals surface area contributed by atoms with Gasteiger partial charge in [0.2, 0.25) is 0 Å². The molecule has 0 spiro atoms. The van der Waals surface area contributed by atoms with Gasteiger partial charge in [-0.2, -0.15) is 0 Å². The molecule has 0 saturated carbocycles. The summed E-state index contributed by atoms with van der Waals surface area (Å²) >= 11 is 6.18. The van der Waals surface area contributed by atoms with Gasteiger partial charge in [0.05, 0.1) is 0 Å². The van der Waals surface area contributed by atoms with Gasteiger partial charge in [-0.25, -0.2) is 4.39 Å². The predicted octanol–water partition coefficient (Wildman–Crippen LogP) is 5.36. The van der Waals surface area contributed by atoms with Crippen LogP contribution in [0.15, 0.2) is 78.9 Å². The molecule has 0 radical (unpaired) electrons. The highest BCUT2D eigenvalue weighted by atomic mass is 35.5. The number of carbonyl (C=O) groups is 1. The molecule has 0 aliphatic carbocycles. The number of benzene rings is 3. The van der Waals surface area contributed by atoms with Crippen molar-refractivity contribution in [2.75, 3.05) is 26.2 Å². The van der Waals surface area contributed by atoms with E-state index < -0.39 is 0 Å². The molecule has 1 aliphatic rings. The number of halogens is 2. The zero-order valence-corrected chi connectivity index (χ0v) is 17.9. The van der Waals surface area contributed by atoms with E-state index >= 15 is 0 Å². The molecule has 1 heterocycles. The molecule has 1 saturated heterocycles. The number of nitrogens with zero attached hydrogens (tertiary/aromatic N) is 2. The lowest BCUT2D eigenvalue weighted by Crippen LogP contribution is -2.48. The highest BCUT2D eigenvalue weighted by Gasteiger charge is 2.24. The molecule has 0 aromatic heterocycles. The molecule has 1 amide bonds. The lowest BCUT2D eigenvalue weighted by atomic mass is 10.0. The minimum absolute atomic E-state index is 0.0366. The maximum Gasteiger partial charge on any atom is 0.254 e. The summed E-state index contributed by atoms with van der Waals surface area (Å²) in [5.74, 6) is -0.294. The van der Waals surface area contributed by atoms with Crippen LogP contribution in [-0.2, 0) is 11.3 Å². The molecule has 0 atom stereocenters. The second-order valence-electron chi connectivity index (χ2n) is 7.64. The first-order chi connectivity index (χ1) is 15.1. The van der Waals surface area contributed by atoms with Crippen molar-refractivity contribution >= 4 is 29.2 Å². The number of piperazine rings is 1. The Hall–Kier alpha value is -2.95. The summed E-state index contributed by atoms with van der Waals surface area (Å²) in [5, 5.41) is 0.440. The SMILES string of the molecule is O=C(/C(=C\c1ccccc1)c1ccccc1)N1CCN(Cc2ccc(F)cc2Cl)CC1. The van der Waals surface area contributed by atoms with Crippen molar-refractivity contribution in [1.82, 2.24) is 9.80 Å². The topological polar surface area (TPSA) is 23.6 Å². The van der Waals surface area contributed by atoms with E-state index in [9.17, 15) is 9.18 Å². The Kier molecular flexibility index (Phi) is 6.80. The van der Waals surface area contributed by atoms with Gasteiger partial charge in [-0.3, -0.25) is 9.69 Å². The van der Waals surface area contributed by atoms with E-state index in [1.807, 2.05) is 71.6 Å². The first-order valence-electron chi connectivity index (χ1n) is 10.4. The van der Waals surface area contributed by atoms with Crippen molar-refractivity contribution in [1.29, 1.82) is 0 Å². The molecule has 0 unspecified atom stereocenters. The fraction of sp³-hybridized carbons (Fsp3) is 0.192. The van der Waals surface area contributed by atoms with E-state index in [2.05, 4.69) is 4.90 Å². The average Bonchev–Trinajstić information content (AvgIpc) is 2.81. The Balaban J connectivity index is 1.47. The molecule has 3 aromatic rings. The van der Waals surface area contributed by atoms with Crippen LogP contribution in [0, 0.1) is 5.82 Å². The van der Waals surface area contributed by atoms with Gasteiger partial charge in [-0.1, -0.05) is 78.3 Å². The molecule has 3 aromatic carbocycles. The van der Waals surface area contributed by atoms with E-state index in [4.69, 9.17) is 11.6 Å². The fourth-order valence-corrected chi connectivity index (χ4v) is 4.00. The van der Waals surface area contributed by atoms with Crippen LogP contribution in [0.1, 0.15) is 16.7 Å². The van der Waals surface area contributed by atoms with E-state index in [1.165, 1.54) is 12.1 Å². The third-order valence-electron chi connectivity index (χ3n) is 5.49. The van der Waals surface area contributed by atoms with Crippen molar-refractivity contribution in [2.45, 2.75) is 6.54 Å². The molecular formula is C26H24ClFN2O. The third kappa shape index (κ3) is 5.40. The first-order valence-corrected chi connectivity index (χ1v) is 10.8. The molecule has 158 valence electrons. The van der Waals surface area contributed by atoms with Gasteiger partial charge in [-0.05, 0) is 34.9 Å². The van der Waals surface area contributed by atoms with Crippen molar-refractivity contribution in [2.24, 2.45) is 0 Å². The molecule has 5 heteroatoms. The van der Waals surface area contributed by atoms with Gasteiger partial charge in [0.25, 0.3) is 5.91 Å². The lowest BCUT2D eigenvalue weighted by Gasteiger charge is -2.35. The number of rotatable bonds is 5. The van der Waals surface area contributed by atoms with Crippen molar-refractivity contribution in [3.8, 4) is 0 Å². The van der Waals surface area contributed by atoms with Gasteiger partial charge in [0.1, 0.15) is 5.82 Å². The second-order valence-corrected chi connectivity index (χ2v) is 8.05. The minimum atomic E-state index is -0.331. The number of carbonyl (C=O) groups excluding carboxylic acids is 1. The van der Waals surface area contributed by atoms with Crippen LogP contribution in [0.2, 0.25) is 5.02 Å². The molecule has 0 bridgehead atoms. The fourth-order valence-electron chi connectivity index (χ4n) is 3.77. The monoisotopic (exact) mass is 434 g/mol. The predicted molar refractivity (Wildman–Crippen MR) is 124 cm³/mol. The summed E-state index contributed by atoms with van der Waals surface area (Å²) in [6, 6.07) is 24.2. The largest absolute Gasteiger partial charge is 0.336 e. The van der Waals surface area contributed by atoms with Crippen LogP contribution in [0.4, 0.5) is 4.39 Å². The van der Waals surface area contributed by atoms with Crippen LogP contribution >= 0.6 is 11.6 Å². The van der Waals surface area contributed by atoms with E-state index in [0.717, 1.165) is 29.8 Å². The maximum atomic E-state index is 13.4. The van der Waals surface area contributed by atoms with Gasteiger partial charge < -0.3 is 4.90 Å². The minimum Gasteiger partial charge on any atom is -0.336 e. The maximum absolute atomic E-state index is 13.4. The zero-order chi connectivity index (χ0) is 21.6. The van der Waals surface area contributed by atoms with Crippen LogP contribution < -0.4 is 0 Å². The summed E-state index contributed by atoms with van der Waals surface area (Å²) in [5.41, 5.74) is 3.51. The average molecular weight is 435 g/mol. The molecule has 3 nitrogen and oxygen atoms in total. The molecule has 31 heavy (non-hydrogen) atoms. The third-order valence-corrected chi connectivity index (χ3v) is 5.85. The van der Waals surface area contributed by atoms with Gasteiger partial charge >= 0.3 is 0 Å². The van der Waals surface area contributed by atoms with E-state index in [-0.39, 0.29) is 11.7 Å². The van der Waals surface area contributed by atoms with E-state index in [0.29, 0.717) is 30.2 Å². The van der Waals surface area contributed by atoms with Gasteiger partial charge in [0.15, 0.2) is 0 Å². The quantitative estimate of drug-likeness (QED) is 0.398.